The van der Waals surface area contributed by atoms with Crippen LogP contribution < -0.4 is 10.1 Å². The molecule has 0 aromatic carbocycles. The lowest BCUT2D eigenvalue weighted by Crippen LogP contribution is -1.98. The Morgan fingerprint density at radius 3 is 2.91 bits per heavy atom. The number of methoxy groups -OCH3 is 1. The maximum atomic E-state index is 5.57. The topological polar surface area (TPSA) is 47.0 Å². The molecule has 0 aliphatic carbocycles. The molecule has 1 rings (SSSR count). The number of anilines is 1. The zero-order valence-electron chi connectivity index (χ0n) is 6.26. The van der Waals surface area contributed by atoms with Gasteiger partial charge in [0.05, 0.1) is 13.3 Å². The summed E-state index contributed by atoms with van der Waals surface area (Å²) in [6.07, 6.45) is 1.45. The molecule has 0 saturated carbocycles. The van der Waals surface area contributed by atoms with E-state index in [0.29, 0.717) is 16.9 Å². The summed E-state index contributed by atoms with van der Waals surface area (Å²) in [7, 11) is 3.25. The van der Waals surface area contributed by atoms with Crippen molar-refractivity contribution in [3.63, 3.8) is 0 Å². The Morgan fingerprint density at radius 2 is 2.36 bits per heavy atom. The number of halogens is 1. The number of nitrogens with zero attached hydrogens (tertiary/aromatic N) is 2. The minimum Gasteiger partial charge on any atom is -0.478 e. The largest absolute Gasteiger partial charge is 0.478 e. The van der Waals surface area contributed by atoms with Crippen LogP contribution in [0.15, 0.2) is 6.20 Å². The Morgan fingerprint density at radius 1 is 1.64 bits per heavy atom. The highest BCUT2D eigenvalue weighted by molar-refractivity contribution is 6.29. The maximum Gasteiger partial charge on any atom is 0.258 e. The van der Waals surface area contributed by atoms with Crippen molar-refractivity contribution in [2.75, 3.05) is 19.5 Å². The van der Waals surface area contributed by atoms with E-state index in [2.05, 4.69) is 15.3 Å². The third-order valence-corrected chi connectivity index (χ3v) is 1.32. The van der Waals surface area contributed by atoms with E-state index >= 15 is 0 Å². The van der Waals surface area contributed by atoms with E-state index in [1.54, 1.807) is 7.05 Å². The highest BCUT2D eigenvalue weighted by Crippen LogP contribution is 2.19. The number of hydrogen-bond acceptors (Lipinski definition) is 4. The first kappa shape index (κ1) is 8.07. The molecule has 0 bridgehead atoms. The van der Waals surface area contributed by atoms with E-state index in [1.165, 1.54) is 13.3 Å². The molecule has 1 aromatic rings. The number of rotatable bonds is 2. The van der Waals surface area contributed by atoms with E-state index < -0.39 is 0 Å². The fourth-order valence-electron chi connectivity index (χ4n) is 0.666. The summed E-state index contributed by atoms with van der Waals surface area (Å²) in [4.78, 5) is 7.82. The lowest BCUT2D eigenvalue weighted by molar-refractivity contribution is 0.398. The second kappa shape index (κ2) is 3.39. The average molecular weight is 174 g/mol. The summed E-state index contributed by atoms with van der Waals surface area (Å²) in [5, 5.41) is 3.14. The molecule has 0 aliphatic heterocycles. The molecule has 0 fully saturated rings. The van der Waals surface area contributed by atoms with E-state index in [-0.39, 0.29) is 0 Å². The van der Waals surface area contributed by atoms with Gasteiger partial charge in [-0.05, 0) is 0 Å². The van der Waals surface area contributed by atoms with Crippen molar-refractivity contribution in [2.45, 2.75) is 0 Å². The molecule has 1 aromatic heterocycles. The molecule has 0 radical (unpaired) electrons. The van der Waals surface area contributed by atoms with Crippen LogP contribution in [-0.4, -0.2) is 24.1 Å². The standard InChI is InChI=1S/C6H8ClN3O/c1-8-5-6(11-2)10-4(7)3-9-5/h3H,1-2H3,(H,8,9). The summed E-state index contributed by atoms with van der Waals surface area (Å²) in [5.74, 6) is 0.983. The molecule has 60 valence electrons. The normalized spacial score (nSPS) is 9.36. The molecule has 0 aliphatic rings. The molecule has 11 heavy (non-hydrogen) atoms. The predicted molar refractivity (Wildman–Crippen MR) is 43.1 cm³/mol. The van der Waals surface area contributed by atoms with Crippen molar-refractivity contribution >= 4 is 17.4 Å². The second-order valence-electron chi connectivity index (χ2n) is 1.80. The van der Waals surface area contributed by atoms with E-state index in [0.717, 1.165) is 0 Å². The van der Waals surface area contributed by atoms with Crippen LogP contribution in [0.3, 0.4) is 0 Å². The van der Waals surface area contributed by atoms with Gasteiger partial charge in [0, 0.05) is 7.05 Å². The van der Waals surface area contributed by atoms with Gasteiger partial charge in [-0.25, -0.2) is 4.98 Å². The number of aromatic nitrogens is 2. The Bertz CT molecular complexity index is 254. The SMILES string of the molecule is CNc1ncc(Cl)nc1OC. The van der Waals surface area contributed by atoms with E-state index in [4.69, 9.17) is 16.3 Å². The molecular formula is C6H8ClN3O. The summed E-state index contributed by atoms with van der Waals surface area (Å²) in [6, 6.07) is 0. The molecule has 0 unspecified atom stereocenters. The predicted octanol–water partition coefficient (Wildman–Crippen LogP) is 1.18. The van der Waals surface area contributed by atoms with Crippen LogP contribution in [0, 0.1) is 0 Å². The van der Waals surface area contributed by atoms with Crippen LogP contribution in [0.4, 0.5) is 5.82 Å². The van der Waals surface area contributed by atoms with Crippen LogP contribution in [0.25, 0.3) is 0 Å². The highest BCUT2D eigenvalue weighted by Gasteiger charge is 2.03. The Hall–Kier alpha value is -1.03. The molecule has 1 N–H and O–H groups in total. The molecule has 0 atom stereocenters. The third kappa shape index (κ3) is 1.71. The minimum atomic E-state index is 0.320. The van der Waals surface area contributed by atoms with Gasteiger partial charge in [0.25, 0.3) is 5.88 Å². The fraction of sp³-hybridized carbons (Fsp3) is 0.333. The third-order valence-electron chi connectivity index (χ3n) is 1.14. The van der Waals surface area contributed by atoms with E-state index in [1.807, 2.05) is 0 Å². The van der Waals surface area contributed by atoms with Gasteiger partial charge in [0.1, 0.15) is 0 Å². The Kier molecular flexibility index (Phi) is 2.48. The lowest BCUT2D eigenvalue weighted by atomic mass is 10.6. The van der Waals surface area contributed by atoms with Gasteiger partial charge < -0.3 is 10.1 Å². The van der Waals surface area contributed by atoms with Gasteiger partial charge in [-0.2, -0.15) is 4.98 Å². The van der Waals surface area contributed by atoms with Gasteiger partial charge in [-0.1, -0.05) is 11.6 Å². The Balaban J connectivity index is 3.06. The van der Waals surface area contributed by atoms with Gasteiger partial charge >= 0.3 is 0 Å². The quantitative estimate of drug-likeness (QED) is 0.730. The first-order valence-electron chi connectivity index (χ1n) is 3.02. The summed E-state index contributed by atoms with van der Waals surface area (Å²) in [6.45, 7) is 0. The Labute approximate surface area is 69.6 Å². The zero-order valence-corrected chi connectivity index (χ0v) is 7.01. The lowest BCUT2D eigenvalue weighted by Gasteiger charge is -2.04. The monoisotopic (exact) mass is 173 g/mol. The molecule has 5 heteroatoms. The summed E-state index contributed by atoms with van der Waals surface area (Å²) in [5.41, 5.74) is 0. The molecule has 0 amide bonds. The first-order chi connectivity index (χ1) is 5.27. The number of ether oxygens (including phenoxy) is 1. The minimum absolute atomic E-state index is 0.320. The van der Waals surface area contributed by atoms with Gasteiger partial charge in [-0.15, -0.1) is 0 Å². The van der Waals surface area contributed by atoms with Crippen LogP contribution in [0.1, 0.15) is 0 Å². The molecule has 0 saturated heterocycles. The molecular weight excluding hydrogens is 166 g/mol. The number of hydrogen-bond donors (Lipinski definition) is 1. The zero-order chi connectivity index (χ0) is 8.27. The van der Waals surface area contributed by atoms with Crippen LogP contribution >= 0.6 is 11.6 Å². The molecule has 1 heterocycles. The smallest absolute Gasteiger partial charge is 0.258 e. The van der Waals surface area contributed by atoms with Gasteiger partial charge in [-0.3, -0.25) is 0 Å². The van der Waals surface area contributed by atoms with Crippen LogP contribution in [0.2, 0.25) is 5.15 Å². The van der Waals surface area contributed by atoms with Crippen molar-refractivity contribution in [1.29, 1.82) is 0 Å². The average Bonchev–Trinajstić information content (AvgIpc) is 2.04. The summed E-state index contributed by atoms with van der Waals surface area (Å²) < 4.78 is 4.90. The number of nitrogens with one attached hydrogen (secondary N) is 1. The maximum absolute atomic E-state index is 5.57. The van der Waals surface area contributed by atoms with Crippen LogP contribution in [0.5, 0.6) is 5.88 Å². The highest BCUT2D eigenvalue weighted by atomic mass is 35.5. The van der Waals surface area contributed by atoms with Gasteiger partial charge in [0.2, 0.25) is 0 Å². The van der Waals surface area contributed by atoms with Crippen molar-refractivity contribution in [1.82, 2.24) is 9.97 Å². The van der Waals surface area contributed by atoms with E-state index in [9.17, 15) is 0 Å². The molecule has 4 nitrogen and oxygen atoms in total. The summed E-state index contributed by atoms with van der Waals surface area (Å²) >= 11 is 5.57. The van der Waals surface area contributed by atoms with Crippen molar-refractivity contribution in [3.05, 3.63) is 11.3 Å². The first-order valence-corrected chi connectivity index (χ1v) is 3.40. The van der Waals surface area contributed by atoms with Crippen LogP contribution in [-0.2, 0) is 0 Å². The van der Waals surface area contributed by atoms with Crippen molar-refractivity contribution < 1.29 is 4.74 Å². The fourth-order valence-corrected chi connectivity index (χ4v) is 0.791. The molecule has 0 spiro atoms. The van der Waals surface area contributed by atoms with Crippen molar-refractivity contribution in [3.8, 4) is 5.88 Å². The van der Waals surface area contributed by atoms with Crippen molar-refractivity contribution in [2.24, 2.45) is 0 Å². The van der Waals surface area contributed by atoms with Gasteiger partial charge in [0.15, 0.2) is 11.0 Å². The second-order valence-corrected chi connectivity index (χ2v) is 2.19.